The van der Waals surface area contributed by atoms with Crippen LogP contribution in [0.2, 0.25) is 0 Å². The summed E-state index contributed by atoms with van der Waals surface area (Å²) in [5, 5.41) is 11.8. The zero-order chi connectivity index (χ0) is 38.7. The zero-order valence-corrected chi connectivity index (χ0v) is 31.1. The fourth-order valence-corrected chi connectivity index (χ4v) is 7.06. The number of methoxy groups -OCH3 is 7. The molecular formula is C40H42N2O12. The number of hydrogen-bond donors (Lipinski definition) is 2. The lowest BCUT2D eigenvalue weighted by Crippen LogP contribution is -2.36. The largest absolute Gasteiger partial charge is 0.502 e. The molecule has 1 aliphatic rings. The summed E-state index contributed by atoms with van der Waals surface area (Å²) in [7, 11) is 10.5. The van der Waals surface area contributed by atoms with E-state index in [1.165, 1.54) is 41.6 Å². The van der Waals surface area contributed by atoms with Crippen molar-refractivity contribution in [1.82, 2.24) is 9.88 Å². The highest BCUT2D eigenvalue weighted by Crippen LogP contribution is 2.46. The lowest BCUT2D eigenvalue weighted by Gasteiger charge is -2.38. The topological polar surface area (TPSA) is 168 Å². The standard InChI is InChI=1S/C40H42N2O12/c1-47-24-9-8-22-12-28(40(46)41-29(22)16-24)27(19-35(44)52-6)38-37(45)30(43)17-25(54-38)20-42-11-10-21-13-31(48-2)32(49-3)18-26(21)36(42)23-14-33(50-4)39(53-7)34(15-23)51-5/h8-9,12-18,27,36,45H,10-11,19-20H2,1-7H3,(H,41,46)/t27-,36+/m0/s1. The molecule has 54 heavy (non-hydrogen) atoms. The first-order chi connectivity index (χ1) is 26.1. The molecule has 5 aromatic rings. The number of carbonyl (C=O) groups excluding carboxylic acids is 1. The number of rotatable bonds is 13. The maximum absolute atomic E-state index is 13.6. The molecule has 284 valence electrons. The molecule has 3 heterocycles. The minimum Gasteiger partial charge on any atom is -0.502 e. The Morgan fingerprint density at radius 2 is 1.54 bits per heavy atom. The fourth-order valence-electron chi connectivity index (χ4n) is 7.06. The van der Waals surface area contributed by atoms with Crippen LogP contribution < -0.4 is 39.4 Å². The van der Waals surface area contributed by atoms with Crippen LogP contribution in [0.15, 0.2) is 68.6 Å². The second kappa shape index (κ2) is 15.8. The van der Waals surface area contributed by atoms with E-state index >= 15 is 0 Å². The Kier molecular flexibility index (Phi) is 11.0. The average molecular weight is 743 g/mol. The molecule has 0 saturated carbocycles. The van der Waals surface area contributed by atoms with Gasteiger partial charge in [0.25, 0.3) is 5.56 Å². The van der Waals surface area contributed by atoms with Crippen LogP contribution in [0.3, 0.4) is 0 Å². The van der Waals surface area contributed by atoms with Crippen molar-refractivity contribution < 1.29 is 47.5 Å². The van der Waals surface area contributed by atoms with Crippen molar-refractivity contribution in [3.63, 3.8) is 0 Å². The molecule has 2 N–H and O–H groups in total. The summed E-state index contributed by atoms with van der Waals surface area (Å²) in [4.78, 5) is 44.8. The number of pyridine rings is 1. The van der Waals surface area contributed by atoms with Crippen LogP contribution in [0.5, 0.6) is 40.2 Å². The van der Waals surface area contributed by atoms with E-state index in [1.807, 2.05) is 24.3 Å². The van der Waals surface area contributed by atoms with Crippen LogP contribution in [-0.4, -0.2) is 77.3 Å². The minimum atomic E-state index is -1.18. The van der Waals surface area contributed by atoms with Gasteiger partial charge in [0.1, 0.15) is 11.5 Å². The molecule has 6 rings (SSSR count). The molecule has 0 unspecified atom stereocenters. The summed E-state index contributed by atoms with van der Waals surface area (Å²) in [6, 6.07) is 15.1. The van der Waals surface area contributed by atoms with E-state index in [-0.39, 0.29) is 23.6 Å². The number of carbonyl (C=O) groups is 1. The van der Waals surface area contributed by atoms with Gasteiger partial charge >= 0.3 is 5.97 Å². The van der Waals surface area contributed by atoms with Crippen molar-refractivity contribution in [2.45, 2.75) is 31.3 Å². The number of aromatic hydroxyl groups is 1. The predicted octanol–water partition coefficient (Wildman–Crippen LogP) is 5.08. The third-order valence-electron chi connectivity index (χ3n) is 9.71. The molecule has 0 bridgehead atoms. The van der Waals surface area contributed by atoms with Crippen molar-refractivity contribution in [2.24, 2.45) is 0 Å². The van der Waals surface area contributed by atoms with Gasteiger partial charge < -0.3 is 47.7 Å². The summed E-state index contributed by atoms with van der Waals surface area (Å²) in [6.45, 7) is 0.583. The van der Waals surface area contributed by atoms with Gasteiger partial charge in [0.15, 0.2) is 28.8 Å². The van der Waals surface area contributed by atoms with Crippen LogP contribution >= 0.6 is 0 Å². The fraction of sp³-hybridized carbons (Fsp3) is 0.325. The molecule has 3 aromatic carbocycles. The molecule has 0 spiro atoms. The maximum Gasteiger partial charge on any atom is 0.306 e. The number of nitrogens with zero attached hydrogens (tertiary/aromatic N) is 1. The van der Waals surface area contributed by atoms with Crippen LogP contribution in [-0.2, 0) is 22.5 Å². The zero-order valence-electron chi connectivity index (χ0n) is 31.1. The van der Waals surface area contributed by atoms with Crippen LogP contribution in [0.4, 0.5) is 0 Å². The van der Waals surface area contributed by atoms with E-state index in [1.54, 1.807) is 38.5 Å². The first kappa shape index (κ1) is 37.6. The summed E-state index contributed by atoms with van der Waals surface area (Å²) in [6.07, 6.45) is 0.210. The Bertz CT molecular complexity index is 2290. The molecule has 2 aromatic heterocycles. The van der Waals surface area contributed by atoms with Crippen molar-refractivity contribution in [3.05, 3.63) is 109 Å². The maximum atomic E-state index is 13.6. The number of esters is 1. The minimum absolute atomic E-state index is 0.0798. The number of aromatic nitrogens is 1. The Morgan fingerprint density at radius 3 is 2.17 bits per heavy atom. The second-order valence-electron chi connectivity index (χ2n) is 12.6. The highest BCUT2D eigenvalue weighted by molar-refractivity contribution is 5.81. The lowest BCUT2D eigenvalue weighted by molar-refractivity contribution is -0.140. The summed E-state index contributed by atoms with van der Waals surface area (Å²) >= 11 is 0. The summed E-state index contributed by atoms with van der Waals surface area (Å²) in [5.41, 5.74) is 2.00. The predicted molar refractivity (Wildman–Crippen MR) is 198 cm³/mol. The Hall–Kier alpha value is -6.15. The first-order valence-corrected chi connectivity index (χ1v) is 17.0. The Morgan fingerprint density at radius 1 is 0.852 bits per heavy atom. The van der Waals surface area contributed by atoms with Gasteiger partial charge in [-0.3, -0.25) is 19.3 Å². The summed E-state index contributed by atoms with van der Waals surface area (Å²) in [5.74, 6) is 0.338. The normalized spacial score (nSPS) is 14.5. The van der Waals surface area contributed by atoms with Crippen molar-refractivity contribution in [1.29, 1.82) is 0 Å². The highest BCUT2D eigenvalue weighted by Gasteiger charge is 2.34. The van der Waals surface area contributed by atoms with E-state index < -0.39 is 41.1 Å². The average Bonchev–Trinajstić information content (AvgIpc) is 3.19. The van der Waals surface area contributed by atoms with E-state index in [0.717, 1.165) is 16.7 Å². The monoisotopic (exact) mass is 742 g/mol. The van der Waals surface area contributed by atoms with Gasteiger partial charge in [-0.15, -0.1) is 0 Å². The molecule has 1 aliphatic heterocycles. The van der Waals surface area contributed by atoms with E-state index in [9.17, 15) is 19.5 Å². The molecule has 0 saturated heterocycles. The molecule has 14 heteroatoms. The molecule has 14 nitrogen and oxygen atoms in total. The van der Waals surface area contributed by atoms with E-state index in [4.69, 9.17) is 37.6 Å². The summed E-state index contributed by atoms with van der Waals surface area (Å²) < 4.78 is 44.9. The van der Waals surface area contributed by atoms with Gasteiger partial charge in [0, 0.05) is 24.2 Å². The van der Waals surface area contributed by atoms with Gasteiger partial charge in [0.05, 0.1) is 80.2 Å². The van der Waals surface area contributed by atoms with Crippen molar-refractivity contribution in [3.8, 4) is 40.2 Å². The first-order valence-electron chi connectivity index (χ1n) is 17.0. The highest BCUT2D eigenvalue weighted by atomic mass is 16.5. The molecule has 2 atom stereocenters. The molecule has 0 radical (unpaired) electrons. The van der Waals surface area contributed by atoms with Crippen LogP contribution in [0.25, 0.3) is 10.9 Å². The smallest absolute Gasteiger partial charge is 0.306 e. The molecule has 0 fully saturated rings. The molecule has 0 amide bonds. The number of nitrogens with one attached hydrogen (secondary N) is 1. The third-order valence-corrected chi connectivity index (χ3v) is 9.71. The van der Waals surface area contributed by atoms with Crippen molar-refractivity contribution >= 4 is 16.9 Å². The van der Waals surface area contributed by atoms with Gasteiger partial charge in [-0.2, -0.15) is 0 Å². The number of aromatic amines is 1. The quantitative estimate of drug-likeness (QED) is 0.153. The molecular weight excluding hydrogens is 700 g/mol. The number of hydrogen-bond acceptors (Lipinski definition) is 13. The number of H-pyrrole nitrogens is 1. The van der Waals surface area contributed by atoms with Gasteiger partial charge in [-0.25, -0.2) is 0 Å². The van der Waals surface area contributed by atoms with Crippen molar-refractivity contribution in [2.75, 3.05) is 56.3 Å². The second-order valence-corrected chi connectivity index (χ2v) is 12.6. The Labute approximate surface area is 310 Å². The van der Waals surface area contributed by atoms with E-state index in [0.29, 0.717) is 58.4 Å². The SMILES string of the molecule is COC(=O)C[C@H](c1oc(CN2CCc3cc(OC)c(OC)cc3[C@H]2c2cc(OC)c(OC)c(OC)c2)cc(=O)c1O)c1cc2ccc(OC)cc2[nH]c1=O. The number of benzene rings is 3. The van der Waals surface area contributed by atoms with Crippen LogP contribution in [0.1, 0.15) is 52.2 Å². The molecule has 0 aliphatic carbocycles. The third kappa shape index (κ3) is 7.12. The number of ether oxygens (including phenoxy) is 7. The van der Waals surface area contributed by atoms with Gasteiger partial charge in [-0.1, -0.05) is 0 Å². The van der Waals surface area contributed by atoms with E-state index in [2.05, 4.69) is 9.88 Å². The van der Waals surface area contributed by atoms with Gasteiger partial charge in [0.2, 0.25) is 16.9 Å². The number of fused-ring (bicyclic) bond motifs is 2. The Balaban J connectivity index is 1.49. The van der Waals surface area contributed by atoms with Crippen LogP contribution in [0, 0.1) is 0 Å². The lowest BCUT2D eigenvalue weighted by atomic mass is 9.87. The van der Waals surface area contributed by atoms with Gasteiger partial charge in [-0.05, 0) is 71.0 Å².